The Hall–Kier alpha value is -1.56. The molecule has 1 heterocycles. The van der Waals surface area contributed by atoms with Crippen molar-refractivity contribution < 1.29 is 9.63 Å². The first kappa shape index (κ1) is 9.53. The highest BCUT2D eigenvalue weighted by molar-refractivity contribution is 5.96. The smallest absolute Gasteiger partial charge is 0.299 e. The Morgan fingerprint density at radius 2 is 2.38 bits per heavy atom. The number of nitrogens with two attached hydrogens (primary N) is 1. The van der Waals surface area contributed by atoms with Gasteiger partial charge in [-0.2, -0.15) is 5.10 Å². The molecule has 0 radical (unpaired) electrons. The zero-order chi connectivity index (χ0) is 10.0. The molecule has 1 aromatic heterocycles. The van der Waals surface area contributed by atoms with Gasteiger partial charge in [0.2, 0.25) is 0 Å². The van der Waals surface area contributed by atoms with Gasteiger partial charge in [-0.3, -0.25) is 14.3 Å². The Morgan fingerprint density at radius 1 is 1.77 bits per heavy atom. The number of hydroxylamine groups is 2. The van der Waals surface area contributed by atoms with Crippen LogP contribution in [0.4, 0.5) is 5.69 Å². The number of anilines is 1. The largest absolute Gasteiger partial charge is 0.396 e. The van der Waals surface area contributed by atoms with Crippen LogP contribution >= 0.6 is 0 Å². The van der Waals surface area contributed by atoms with Crippen LogP contribution in [0.25, 0.3) is 0 Å². The highest BCUT2D eigenvalue weighted by Gasteiger charge is 2.17. The SMILES string of the molecule is CON(C)C(=O)c1nn(C)cc1N. The third-order valence-electron chi connectivity index (χ3n) is 1.62. The van der Waals surface area contributed by atoms with Crippen molar-refractivity contribution in [3.8, 4) is 0 Å². The summed E-state index contributed by atoms with van der Waals surface area (Å²) in [6.45, 7) is 0. The van der Waals surface area contributed by atoms with E-state index in [1.165, 1.54) is 18.8 Å². The molecule has 13 heavy (non-hydrogen) atoms. The van der Waals surface area contributed by atoms with E-state index in [1.54, 1.807) is 13.2 Å². The average Bonchev–Trinajstić information content (AvgIpc) is 2.42. The summed E-state index contributed by atoms with van der Waals surface area (Å²) in [5.41, 5.74) is 6.09. The Balaban J connectivity index is 2.94. The molecule has 6 nitrogen and oxygen atoms in total. The number of amides is 1. The molecule has 0 aliphatic carbocycles. The Bertz CT molecular complexity index is 320. The lowest BCUT2D eigenvalue weighted by Crippen LogP contribution is -2.26. The fourth-order valence-corrected chi connectivity index (χ4v) is 0.905. The first-order chi connectivity index (χ1) is 6.06. The topological polar surface area (TPSA) is 73.4 Å². The van der Waals surface area contributed by atoms with Crippen LogP contribution in [0.2, 0.25) is 0 Å². The van der Waals surface area contributed by atoms with Gasteiger partial charge < -0.3 is 5.73 Å². The molecule has 6 heteroatoms. The second-order valence-corrected chi connectivity index (χ2v) is 2.59. The lowest BCUT2D eigenvalue weighted by atomic mass is 10.3. The minimum atomic E-state index is -0.361. The molecule has 0 saturated heterocycles. The molecule has 0 atom stereocenters. The number of nitrogen functional groups attached to an aromatic ring is 1. The average molecular weight is 184 g/mol. The predicted octanol–water partition coefficient (Wildman–Crippen LogP) is -0.364. The van der Waals surface area contributed by atoms with Gasteiger partial charge in [0.15, 0.2) is 5.69 Å². The van der Waals surface area contributed by atoms with E-state index in [1.807, 2.05) is 0 Å². The van der Waals surface area contributed by atoms with Gasteiger partial charge in [0.1, 0.15) is 0 Å². The molecule has 2 N–H and O–H groups in total. The standard InChI is InChI=1S/C7H12N4O2/c1-10-4-5(8)6(9-10)7(12)11(2)13-3/h4H,8H2,1-3H3. The third-order valence-corrected chi connectivity index (χ3v) is 1.62. The highest BCUT2D eigenvalue weighted by Crippen LogP contribution is 2.10. The molecule has 0 bridgehead atoms. The summed E-state index contributed by atoms with van der Waals surface area (Å²) < 4.78 is 1.48. The quantitative estimate of drug-likeness (QED) is 0.637. The van der Waals surface area contributed by atoms with E-state index in [0.29, 0.717) is 5.69 Å². The number of hydrogen-bond acceptors (Lipinski definition) is 4. The summed E-state index contributed by atoms with van der Waals surface area (Å²) >= 11 is 0. The molecule has 1 rings (SSSR count). The number of carbonyl (C=O) groups excluding carboxylic acids is 1. The molecule has 0 aliphatic heterocycles. The molecular weight excluding hydrogens is 172 g/mol. The normalized spacial score (nSPS) is 10.1. The van der Waals surface area contributed by atoms with Gasteiger partial charge in [-0.15, -0.1) is 0 Å². The van der Waals surface area contributed by atoms with Crippen LogP contribution in [0.5, 0.6) is 0 Å². The molecule has 0 spiro atoms. The number of rotatable bonds is 2. The maximum absolute atomic E-state index is 11.5. The van der Waals surface area contributed by atoms with Crippen molar-refractivity contribution in [2.75, 3.05) is 19.9 Å². The molecule has 0 saturated carbocycles. The second-order valence-electron chi connectivity index (χ2n) is 2.59. The molecule has 0 aromatic carbocycles. The van der Waals surface area contributed by atoms with Gasteiger partial charge in [0.05, 0.1) is 12.8 Å². The van der Waals surface area contributed by atoms with E-state index in [4.69, 9.17) is 10.6 Å². The van der Waals surface area contributed by atoms with Crippen molar-refractivity contribution in [1.29, 1.82) is 0 Å². The number of nitrogens with zero attached hydrogens (tertiary/aromatic N) is 3. The van der Waals surface area contributed by atoms with Crippen molar-refractivity contribution in [1.82, 2.24) is 14.8 Å². The fourth-order valence-electron chi connectivity index (χ4n) is 0.905. The minimum absolute atomic E-state index is 0.201. The molecule has 72 valence electrons. The van der Waals surface area contributed by atoms with Gasteiger partial charge in [-0.1, -0.05) is 0 Å². The Kier molecular flexibility index (Phi) is 2.52. The van der Waals surface area contributed by atoms with Crippen molar-refractivity contribution in [2.45, 2.75) is 0 Å². The highest BCUT2D eigenvalue weighted by atomic mass is 16.7. The van der Waals surface area contributed by atoms with Gasteiger partial charge in [-0.05, 0) is 0 Å². The lowest BCUT2D eigenvalue weighted by molar-refractivity contribution is -0.0760. The van der Waals surface area contributed by atoms with E-state index in [0.717, 1.165) is 5.06 Å². The van der Waals surface area contributed by atoms with E-state index in [9.17, 15) is 4.79 Å². The van der Waals surface area contributed by atoms with Crippen LogP contribution in [0.3, 0.4) is 0 Å². The van der Waals surface area contributed by atoms with E-state index < -0.39 is 0 Å². The summed E-state index contributed by atoms with van der Waals surface area (Å²) in [5, 5.41) is 4.97. The molecule has 0 unspecified atom stereocenters. The number of aryl methyl sites for hydroxylation is 1. The summed E-state index contributed by atoms with van der Waals surface area (Å²) in [4.78, 5) is 16.2. The first-order valence-corrected chi connectivity index (χ1v) is 3.67. The molecule has 0 aliphatic rings. The zero-order valence-corrected chi connectivity index (χ0v) is 7.81. The van der Waals surface area contributed by atoms with Crippen molar-refractivity contribution in [2.24, 2.45) is 7.05 Å². The van der Waals surface area contributed by atoms with Crippen molar-refractivity contribution in [3.63, 3.8) is 0 Å². The van der Waals surface area contributed by atoms with Crippen molar-refractivity contribution >= 4 is 11.6 Å². The summed E-state index contributed by atoms with van der Waals surface area (Å²) in [6.07, 6.45) is 1.57. The number of aromatic nitrogens is 2. The maximum atomic E-state index is 11.5. The van der Waals surface area contributed by atoms with E-state index in [2.05, 4.69) is 5.10 Å². The third kappa shape index (κ3) is 1.78. The maximum Gasteiger partial charge on any atom is 0.299 e. The lowest BCUT2D eigenvalue weighted by Gasteiger charge is -2.11. The summed E-state index contributed by atoms with van der Waals surface area (Å²) in [6, 6.07) is 0. The molecular formula is C7H12N4O2. The fraction of sp³-hybridized carbons (Fsp3) is 0.429. The van der Waals surface area contributed by atoms with Gasteiger partial charge in [0.25, 0.3) is 5.91 Å². The van der Waals surface area contributed by atoms with Crippen LogP contribution in [-0.4, -0.2) is 34.9 Å². The summed E-state index contributed by atoms with van der Waals surface area (Å²) in [5.74, 6) is -0.361. The minimum Gasteiger partial charge on any atom is -0.396 e. The number of carbonyl (C=O) groups is 1. The van der Waals surface area contributed by atoms with Gasteiger partial charge in [-0.25, -0.2) is 5.06 Å². The van der Waals surface area contributed by atoms with Crippen LogP contribution < -0.4 is 5.73 Å². The van der Waals surface area contributed by atoms with Crippen molar-refractivity contribution in [3.05, 3.63) is 11.9 Å². The van der Waals surface area contributed by atoms with Crippen LogP contribution in [-0.2, 0) is 11.9 Å². The van der Waals surface area contributed by atoms with Crippen LogP contribution in [0.1, 0.15) is 10.5 Å². The monoisotopic (exact) mass is 184 g/mol. The summed E-state index contributed by atoms with van der Waals surface area (Å²) in [7, 11) is 4.59. The van der Waals surface area contributed by atoms with Crippen LogP contribution in [0, 0.1) is 0 Å². The van der Waals surface area contributed by atoms with Crippen LogP contribution in [0.15, 0.2) is 6.20 Å². The molecule has 1 aromatic rings. The second kappa shape index (κ2) is 3.44. The Morgan fingerprint density at radius 3 is 2.77 bits per heavy atom. The van der Waals surface area contributed by atoms with E-state index >= 15 is 0 Å². The first-order valence-electron chi connectivity index (χ1n) is 3.67. The molecule has 1 amide bonds. The van der Waals surface area contributed by atoms with Gasteiger partial charge in [0, 0.05) is 20.3 Å². The predicted molar refractivity (Wildman–Crippen MR) is 46.7 cm³/mol. The van der Waals surface area contributed by atoms with Gasteiger partial charge >= 0.3 is 0 Å². The molecule has 0 fully saturated rings. The zero-order valence-electron chi connectivity index (χ0n) is 7.81. The van der Waals surface area contributed by atoms with E-state index in [-0.39, 0.29) is 11.6 Å². The number of hydrogen-bond donors (Lipinski definition) is 1. The Labute approximate surface area is 75.8 Å².